The van der Waals surface area contributed by atoms with Gasteiger partial charge in [-0.25, -0.2) is 4.79 Å². The maximum atomic E-state index is 11.6. The third kappa shape index (κ3) is 3.29. The molecule has 0 saturated carbocycles. The summed E-state index contributed by atoms with van der Waals surface area (Å²) in [6.07, 6.45) is 3.20. The second-order valence-corrected chi connectivity index (χ2v) is 5.58. The maximum absolute atomic E-state index is 11.6. The van der Waals surface area contributed by atoms with Gasteiger partial charge in [-0.05, 0) is 37.5 Å². The second-order valence-electron chi connectivity index (χ2n) is 5.58. The predicted molar refractivity (Wildman–Crippen MR) is 81.8 cm³/mol. The molecule has 3 rings (SSSR count). The van der Waals surface area contributed by atoms with E-state index in [1.165, 1.54) is 0 Å². The van der Waals surface area contributed by atoms with Gasteiger partial charge in [0.15, 0.2) is 0 Å². The predicted octanol–water partition coefficient (Wildman–Crippen LogP) is 3.01. The molecule has 0 radical (unpaired) electrons. The summed E-state index contributed by atoms with van der Waals surface area (Å²) >= 11 is 0. The highest BCUT2D eigenvalue weighted by Crippen LogP contribution is 2.25. The first kappa shape index (κ1) is 14.2. The van der Waals surface area contributed by atoms with Crippen molar-refractivity contribution in [1.29, 1.82) is 0 Å². The lowest BCUT2D eigenvalue weighted by Crippen LogP contribution is -2.33. The van der Waals surface area contributed by atoms with E-state index in [0.29, 0.717) is 25.3 Å². The fraction of sp³-hybridized carbons (Fsp3) is 0.562. The van der Waals surface area contributed by atoms with Gasteiger partial charge in [0.1, 0.15) is 6.61 Å². The molecular weight excluding hydrogens is 268 g/mol. The van der Waals surface area contributed by atoms with Crippen molar-refractivity contribution in [3.63, 3.8) is 0 Å². The van der Waals surface area contributed by atoms with Crippen LogP contribution in [-0.2, 0) is 9.47 Å². The summed E-state index contributed by atoms with van der Waals surface area (Å²) in [5.41, 5.74) is 1.94. The number of rotatable bonds is 4. The maximum Gasteiger partial charge on any atom is 0.414 e. The van der Waals surface area contributed by atoms with E-state index in [1.807, 2.05) is 24.3 Å². The van der Waals surface area contributed by atoms with Crippen molar-refractivity contribution in [3.05, 3.63) is 24.3 Å². The van der Waals surface area contributed by atoms with Gasteiger partial charge in [0.2, 0.25) is 0 Å². The molecule has 0 spiro atoms. The topological polar surface area (TPSA) is 50.8 Å². The molecule has 0 bridgehead atoms. The number of nitrogens with zero attached hydrogens (tertiary/aromatic N) is 1. The van der Waals surface area contributed by atoms with Gasteiger partial charge in [-0.15, -0.1) is 0 Å². The van der Waals surface area contributed by atoms with Crippen LogP contribution in [0.15, 0.2) is 24.3 Å². The van der Waals surface area contributed by atoms with Gasteiger partial charge in [-0.1, -0.05) is 13.0 Å². The van der Waals surface area contributed by atoms with Crippen molar-refractivity contribution in [2.45, 2.75) is 38.3 Å². The van der Waals surface area contributed by atoms with Gasteiger partial charge >= 0.3 is 6.09 Å². The van der Waals surface area contributed by atoms with Crippen molar-refractivity contribution in [1.82, 2.24) is 0 Å². The van der Waals surface area contributed by atoms with Crippen LogP contribution in [0.25, 0.3) is 0 Å². The number of carbonyl (C=O) groups excluding carboxylic acids is 1. The standard InChI is InChI=1S/C16H22N2O3/c1-2-15-11-13(6-8-20-15)17-12-4-3-5-14(10-12)18-7-9-21-16(18)19/h3-5,10,13,15,17H,2,6-9,11H2,1H3. The number of cyclic esters (lactones) is 1. The molecular formula is C16H22N2O3. The lowest BCUT2D eigenvalue weighted by molar-refractivity contribution is 0.00926. The minimum atomic E-state index is -0.260. The van der Waals surface area contributed by atoms with Crippen molar-refractivity contribution in [3.8, 4) is 0 Å². The van der Waals surface area contributed by atoms with Gasteiger partial charge in [0.25, 0.3) is 0 Å². The van der Waals surface area contributed by atoms with Gasteiger partial charge in [0, 0.05) is 24.0 Å². The zero-order valence-corrected chi connectivity index (χ0v) is 12.4. The molecule has 2 heterocycles. The van der Waals surface area contributed by atoms with Crippen molar-refractivity contribution < 1.29 is 14.3 Å². The molecule has 2 saturated heterocycles. The Morgan fingerprint density at radius 2 is 2.29 bits per heavy atom. The molecule has 2 fully saturated rings. The monoisotopic (exact) mass is 290 g/mol. The minimum absolute atomic E-state index is 0.260. The van der Waals surface area contributed by atoms with Gasteiger partial charge in [0.05, 0.1) is 12.6 Å². The first-order valence-corrected chi connectivity index (χ1v) is 7.68. The third-order valence-electron chi connectivity index (χ3n) is 4.11. The fourth-order valence-electron chi connectivity index (χ4n) is 2.92. The van der Waals surface area contributed by atoms with Gasteiger partial charge in [-0.3, -0.25) is 4.90 Å². The van der Waals surface area contributed by atoms with Gasteiger partial charge < -0.3 is 14.8 Å². The number of hydrogen-bond acceptors (Lipinski definition) is 4. The van der Waals surface area contributed by atoms with Crippen LogP contribution in [0, 0.1) is 0 Å². The molecule has 5 heteroatoms. The van der Waals surface area contributed by atoms with E-state index in [4.69, 9.17) is 9.47 Å². The number of anilines is 2. The Balaban J connectivity index is 1.67. The van der Waals surface area contributed by atoms with Crippen LogP contribution in [-0.4, -0.2) is 38.0 Å². The Morgan fingerprint density at radius 3 is 3.05 bits per heavy atom. The van der Waals surface area contributed by atoms with Crippen LogP contribution in [0.3, 0.4) is 0 Å². The molecule has 21 heavy (non-hydrogen) atoms. The number of benzene rings is 1. The smallest absolute Gasteiger partial charge is 0.414 e. The Labute approximate surface area is 125 Å². The highest BCUT2D eigenvalue weighted by molar-refractivity contribution is 5.89. The first-order chi connectivity index (χ1) is 10.3. The highest BCUT2D eigenvalue weighted by atomic mass is 16.6. The van der Waals surface area contributed by atoms with Crippen molar-refractivity contribution in [2.24, 2.45) is 0 Å². The Hall–Kier alpha value is -1.75. The molecule has 114 valence electrons. The highest BCUT2D eigenvalue weighted by Gasteiger charge is 2.24. The van der Waals surface area contributed by atoms with Crippen molar-refractivity contribution >= 4 is 17.5 Å². The van der Waals surface area contributed by atoms with E-state index in [-0.39, 0.29) is 6.09 Å². The molecule has 0 aliphatic carbocycles. The number of ether oxygens (including phenoxy) is 2. The number of carbonyl (C=O) groups is 1. The normalized spacial score (nSPS) is 25.8. The summed E-state index contributed by atoms with van der Waals surface area (Å²) in [4.78, 5) is 13.3. The quantitative estimate of drug-likeness (QED) is 0.926. The molecule has 2 aliphatic heterocycles. The minimum Gasteiger partial charge on any atom is -0.447 e. The summed E-state index contributed by atoms with van der Waals surface area (Å²) in [6.45, 7) is 4.06. The molecule has 1 aromatic rings. The number of nitrogens with one attached hydrogen (secondary N) is 1. The van der Waals surface area contributed by atoms with E-state index in [1.54, 1.807) is 4.90 Å². The van der Waals surface area contributed by atoms with Crippen molar-refractivity contribution in [2.75, 3.05) is 30.0 Å². The van der Waals surface area contributed by atoms with Crippen LogP contribution in [0.2, 0.25) is 0 Å². The van der Waals surface area contributed by atoms with E-state index < -0.39 is 0 Å². The first-order valence-electron chi connectivity index (χ1n) is 7.68. The molecule has 1 N–H and O–H groups in total. The van der Waals surface area contributed by atoms with Crippen LogP contribution >= 0.6 is 0 Å². The summed E-state index contributed by atoms with van der Waals surface area (Å²) in [7, 11) is 0. The summed E-state index contributed by atoms with van der Waals surface area (Å²) in [5, 5.41) is 3.57. The molecule has 1 aromatic carbocycles. The Morgan fingerprint density at radius 1 is 1.38 bits per heavy atom. The Kier molecular flexibility index (Phi) is 4.29. The average molecular weight is 290 g/mol. The lowest BCUT2D eigenvalue weighted by atomic mass is 10.0. The second kappa shape index (κ2) is 6.35. The van der Waals surface area contributed by atoms with Crippen LogP contribution < -0.4 is 10.2 Å². The average Bonchev–Trinajstić information content (AvgIpc) is 2.94. The molecule has 0 aromatic heterocycles. The molecule has 2 atom stereocenters. The van der Waals surface area contributed by atoms with E-state index >= 15 is 0 Å². The Bertz CT molecular complexity index is 506. The van der Waals surface area contributed by atoms with E-state index in [9.17, 15) is 4.79 Å². The third-order valence-corrected chi connectivity index (χ3v) is 4.11. The summed E-state index contributed by atoms with van der Waals surface area (Å²) in [6, 6.07) is 8.41. The molecule has 2 aliphatic rings. The summed E-state index contributed by atoms with van der Waals surface area (Å²) in [5.74, 6) is 0. The van der Waals surface area contributed by atoms with Crippen LogP contribution in [0.1, 0.15) is 26.2 Å². The van der Waals surface area contributed by atoms with Crippen LogP contribution in [0.4, 0.5) is 16.2 Å². The lowest BCUT2D eigenvalue weighted by Gasteiger charge is -2.30. The number of amides is 1. The fourth-order valence-corrected chi connectivity index (χ4v) is 2.92. The van der Waals surface area contributed by atoms with E-state index in [2.05, 4.69) is 12.2 Å². The van der Waals surface area contributed by atoms with Crippen LogP contribution in [0.5, 0.6) is 0 Å². The van der Waals surface area contributed by atoms with Gasteiger partial charge in [-0.2, -0.15) is 0 Å². The zero-order valence-electron chi connectivity index (χ0n) is 12.4. The SMILES string of the molecule is CCC1CC(Nc2cccc(N3CCOC3=O)c2)CCO1. The zero-order chi connectivity index (χ0) is 14.7. The number of hydrogen-bond donors (Lipinski definition) is 1. The largest absolute Gasteiger partial charge is 0.447 e. The van der Waals surface area contributed by atoms with E-state index in [0.717, 1.165) is 37.2 Å². The molecule has 1 amide bonds. The summed E-state index contributed by atoms with van der Waals surface area (Å²) < 4.78 is 10.7. The molecule has 2 unspecified atom stereocenters. The molecule has 5 nitrogen and oxygen atoms in total.